The first kappa shape index (κ1) is 14.5. The molecule has 0 spiro atoms. The molecule has 0 aliphatic heterocycles. The first-order valence-electron chi connectivity index (χ1n) is 6.59. The van der Waals surface area contributed by atoms with Gasteiger partial charge in [-0.25, -0.2) is 0 Å². The van der Waals surface area contributed by atoms with Gasteiger partial charge in [-0.1, -0.05) is 74.2 Å². The van der Waals surface area contributed by atoms with Gasteiger partial charge in [0.2, 0.25) is 0 Å². The lowest BCUT2D eigenvalue weighted by Gasteiger charge is -2.17. The van der Waals surface area contributed by atoms with E-state index in [1.165, 1.54) is 11.1 Å². The van der Waals surface area contributed by atoms with Crippen molar-refractivity contribution in [2.75, 3.05) is 0 Å². The second kappa shape index (κ2) is 6.00. The van der Waals surface area contributed by atoms with E-state index in [0.717, 1.165) is 23.5 Å². The Morgan fingerprint density at radius 3 is 1.37 bits per heavy atom. The van der Waals surface area contributed by atoms with Gasteiger partial charge in [-0.15, -0.1) is 0 Å². The molecule has 0 radical (unpaired) electrons. The standard InChI is InChI=1S/C16H19OPS/c1-3-13-5-9-15(10-6-13)18(17,19)16-11-7-14(4-2)8-12-16/h5-12H,3-4H2,1-2H3,(H,17,19). The third-order valence-electron chi connectivity index (χ3n) is 3.39. The van der Waals surface area contributed by atoms with Crippen LogP contribution in [0, 0.1) is 0 Å². The van der Waals surface area contributed by atoms with Crippen LogP contribution in [0.15, 0.2) is 48.5 Å². The van der Waals surface area contributed by atoms with E-state index < -0.39 is 6.26 Å². The number of aryl methyl sites for hydroxylation is 2. The number of rotatable bonds is 4. The first-order valence-corrected chi connectivity index (χ1v) is 9.35. The fraction of sp³-hybridized carbons (Fsp3) is 0.250. The summed E-state index contributed by atoms with van der Waals surface area (Å²) < 4.78 is 0. The van der Waals surface area contributed by atoms with Crippen LogP contribution in [0.25, 0.3) is 0 Å². The van der Waals surface area contributed by atoms with Gasteiger partial charge >= 0.3 is 0 Å². The highest BCUT2D eigenvalue weighted by Crippen LogP contribution is 2.38. The van der Waals surface area contributed by atoms with Crippen molar-refractivity contribution in [1.29, 1.82) is 0 Å². The SMILES string of the molecule is CCc1ccc(P(O)(=S)c2ccc(CC)cc2)cc1. The minimum absolute atomic E-state index is 0.865. The van der Waals surface area contributed by atoms with Gasteiger partial charge in [-0.3, -0.25) is 0 Å². The van der Waals surface area contributed by atoms with Crippen LogP contribution in [0.4, 0.5) is 0 Å². The van der Waals surface area contributed by atoms with Gasteiger partial charge in [-0.05, 0) is 24.0 Å². The van der Waals surface area contributed by atoms with Crippen LogP contribution in [0.3, 0.4) is 0 Å². The minimum atomic E-state index is -2.62. The summed E-state index contributed by atoms with van der Waals surface area (Å²) in [4.78, 5) is 10.7. The van der Waals surface area contributed by atoms with Crippen molar-refractivity contribution >= 4 is 28.7 Å². The van der Waals surface area contributed by atoms with Gasteiger partial charge < -0.3 is 4.89 Å². The van der Waals surface area contributed by atoms with E-state index in [4.69, 9.17) is 11.8 Å². The third kappa shape index (κ3) is 3.14. The Bertz CT molecular complexity index is 536. The van der Waals surface area contributed by atoms with Gasteiger partial charge in [0, 0.05) is 10.6 Å². The zero-order chi connectivity index (χ0) is 13.9. The van der Waals surface area contributed by atoms with Crippen molar-refractivity contribution < 1.29 is 4.89 Å². The van der Waals surface area contributed by atoms with E-state index in [1.807, 2.05) is 48.5 Å². The Balaban J connectivity index is 2.36. The lowest BCUT2D eigenvalue weighted by Crippen LogP contribution is -2.15. The van der Waals surface area contributed by atoms with Crippen LogP contribution in [-0.2, 0) is 24.6 Å². The average molecular weight is 290 g/mol. The monoisotopic (exact) mass is 290 g/mol. The maximum atomic E-state index is 10.7. The van der Waals surface area contributed by atoms with E-state index >= 15 is 0 Å². The van der Waals surface area contributed by atoms with Crippen LogP contribution < -0.4 is 10.6 Å². The third-order valence-corrected chi connectivity index (χ3v) is 6.65. The quantitative estimate of drug-likeness (QED) is 0.873. The molecule has 100 valence electrons. The van der Waals surface area contributed by atoms with Crippen molar-refractivity contribution in [3.63, 3.8) is 0 Å². The maximum Gasteiger partial charge on any atom is 0.120 e. The highest BCUT2D eigenvalue weighted by molar-refractivity contribution is 8.19. The lowest BCUT2D eigenvalue weighted by molar-refractivity contribution is 0.642. The van der Waals surface area contributed by atoms with Crippen molar-refractivity contribution in [2.24, 2.45) is 0 Å². The molecule has 1 nitrogen and oxygen atoms in total. The molecule has 0 aliphatic rings. The van der Waals surface area contributed by atoms with Crippen LogP contribution in [0.1, 0.15) is 25.0 Å². The van der Waals surface area contributed by atoms with E-state index in [-0.39, 0.29) is 0 Å². The molecule has 3 heteroatoms. The number of hydrogen-bond donors (Lipinski definition) is 1. The van der Waals surface area contributed by atoms with E-state index in [9.17, 15) is 4.89 Å². The van der Waals surface area contributed by atoms with E-state index in [2.05, 4.69) is 13.8 Å². The molecule has 2 aromatic rings. The fourth-order valence-electron chi connectivity index (χ4n) is 2.02. The maximum absolute atomic E-state index is 10.7. The smallest absolute Gasteiger partial charge is 0.120 e. The second-order valence-electron chi connectivity index (χ2n) is 4.62. The fourth-order valence-corrected chi connectivity index (χ4v) is 4.15. The summed E-state index contributed by atoms with van der Waals surface area (Å²) in [5.74, 6) is 0. The minimum Gasteiger partial charge on any atom is -0.358 e. The molecule has 0 aromatic heterocycles. The van der Waals surface area contributed by atoms with Gasteiger partial charge in [0.1, 0.15) is 6.26 Å². The van der Waals surface area contributed by atoms with Crippen molar-refractivity contribution in [3.8, 4) is 0 Å². The van der Waals surface area contributed by atoms with E-state index in [1.54, 1.807) is 0 Å². The number of benzene rings is 2. The van der Waals surface area contributed by atoms with Crippen molar-refractivity contribution in [2.45, 2.75) is 26.7 Å². The van der Waals surface area contributed by atoms with E-state index in [0.29, 0.717) is 0 Å². The van der Waals surface area contributed by atoms with Crippen molar-refractivity contribution in [1.82, 2.24) is 0 Å². The molecule has 0 fully saturated rings. The largest absolute Gasteiger partial charge is 0.358 e. The molecule has 0 heterocycles. The van der Waals surface area contributed by atoms with Crippen LogP contribution in [-0.4, -0.2) is 4.89 Å². The Labute approximate surface area is 120 Å². The summed E-state index contributed by atoms with van der Waals surface area (Å²) in [5.41, 5.74) is 2.53. The first-order chi connectivity index (χ1) is 9.07. The molecule has 2 rings (SSSR count). The summed E-state index contributed by atoms with van der Waals surface area (Å²) in [6.45, 7) is 4.24. The second-order valence-corrected chi connectivity index (χ2v) is 8.39. The molecule has 0 saturated carbocycles. The number of hydrogen-bond acceptors (Lipinski definition) is 1. The summed E-state index contributed by atoms with van der Waals surface area (Å²) in [5, 5.41) is 1.73. The van der Waals surface area contributed by atoms with Gasteiger partial charge in [0.05, 0.1) is 0 Å². The Kier molecular flexibility index (Phi) is 4.57. The summed E-state index contributed by atoms with van der Waals surface area (Å²) in [6, 6.07) is 16.1. The molecule has 0 saturated heterocycles. The molecule has 19 heavy (non-hydrogen) atoms. The summed E-state index contributed by atoms with van der Waals surface area (Å²) in [6.07, 6.45) is -0.625. The summed E-state index contributed by atoms with van der Waals surface area (Å²) in [7, 11) is 0. The normalized spacial score (nSPS) is 11.5. The van der Waals surface area contributed by atoms with Crippen LogP contribution in [0.5, 0.6) is 0 Å². The highest BCUT2D eigenvalue weighted by Gasteiger charge is 2.18. The van der Waals surface area contributed by atoms with Crippen molar-refractivity contribution in [3.05, 3.63) is 59.7 Å². The average Bonchev–Trinajstić information content (AvgIpc) is 2.47. The summed E-state index contributed by atoms with van der Waals surface area (Å²) >= 11 is 5.50. The van der Waals surface area contributed by atoms with Crippen LogP contribution in [0.2, 0.25) is 0 Å². The molecular formula is C16H19OPS. The molecule has 0 atom stereocenters. The van der Waals surface area contributed by atoms with Gasteiger partial charge in [0.15, 0.2) is 0 Å². The Morgan fingerprint density at radius 1 is 0.789 bits per heavy atom. The van der Waals surface area contributed by atoms with Gasteiger partial charge in [-0.2, -0.15) is 0 Å². The zero-order valence-electron chi connectivity index (χ0n) is 11.3. The molecule has 0 aliphatic carbocycles. The highest BCUT2D eigenvalue weighted by atomic mass is 32.4. The predicted octanol–water partition coefficient (Wildman–Crippen LogP) is 3.15. The molecule has 0 amide bonds. The lowest BCUT2D eigenvalue weighted by atomic mass is 10.2. The molecule has 0 unspecified atom stereocenters. The molecule has 0 bridgehead atoms. The topological polar surface area (TPSA) is 20.2 Å². The molecule has 1 N–H and O–H groups in total. The predicted molar refractivity (Wildman–Crippen MR) is 87.4 cm³/mol. The van der Waals surface area contributed by atoms with Crippen LogP contribution >= 0.6 is 6.26 Å². The van der Waals surface area contributed by atoms with Gasteiger partial charge in [0.25, 0.3) is 0 Å². The Hall–Kier alpha value is -0.950. The molecule has 2 aromatic carbocycles. The zero-order valence-corrected chi connectivity index (χ0v) is 13.0. The molecular weight excluding hydrogens is 271 g/mol. The Morgan fingerprint density at radius 2 is 1.11 bits per heavy atom.